The molecule has 3 aliphatic heterocycles. The van der Waals surface area contributed by atoms with E-state index in [0.717, 1.165) is 44.3 Å². The van der Waals surface area contributed by atoms with Crippen LogP contribution in [0.25, 0.3) is 0 Å². The van der Waals surface area contributed by atoms with Gasteiger partial charge in [0.1, 0.15) is 0 Å². The normalized spacial score (nSPS) is 29.9. The SMILES string of the molecule is C[C@@H]1[C@@H]([Si](C)(C)O)[C@H](CC(=O)N2CCC[C@H]2CO)O[C@@H]1CCc1cccc(N2CCCC2=O)c1. The summed E-state index contributed by atoms with van der Waals surface area (Å²) < 4.78 is 6.48. The molecule has 0 bridgehead atoms. The van der Waals surface area contributed by atoms with E-state index in [4.69, 9.17) is 4.74 Å². The molecule has 2 N–H and O–H groups in total. The molecule has 34 heavy (non-hydrogen) atoms. The van der Waals surface area contributed by atoms with Gasteiger partial charge in [-0.3, -0.25) is 9.59 Å². The highest BCUT2D eigenvalue weighted by molar-refractivity contribution is 6.71. The molecule has 1 aromatic rings. The number of ether oxygens (including phenoxy) is 1. The molecule has 4 rings (SSSR count). The number of carbonyl (C=O) groups excluding carboxylic acids is 2. The molecule has 3 fully saturated rings. The summed E-state index contributed by atoms with van der Waals surface area (Å²) >= 11 is 0. The van der Waals surface area contributed by atoms with Crippen LogP contribution < -0.4 is 4.90 Å². The molecule has 2 amide bonds. The van der Waals surface area contributed by atoms with Gasteiger partial charge in [-0.1, -0.05) is 19.1 Å². The number of rotatable bonds is 8. The molecule has 0 radical (unpaired) electrons. The Morgan fingerprint density at radius 1 is 1.21 bits per heavy atom. The van der Waals surface area contributed by atoms with Gasteiger partial charge in [0.25, 0.3) is 0 Å². The lowest BCUT2D eigenvalue weighted by molar-refractivity contribution is -0.135. The maximum absolute atomic E-state index is 13.1. The summed E-state index contributed by atoms with van der Waals surface area (Å²) in [5.74, 6) is 0.387. The minimum atomic E-state index is -2.56. The Labute approximate surface area is 204 Å². The van der Waals surface area contributed by atoms with Crippen molar-refractivity contribution in [3.63, 3.8) is 0 Å². The van der Waals surface area contributed by atoms with Crippen molar-refractivity contribution in [3.8, 4) is 0 Å². The first-order valence-electron chi connectivity index (χ1n) is 12.9. The van der Waals surface area contributed by atoms with Crippen molar-refractivity contribution in [2.75, 3.05) is 24.6 Å². The Hall–Kier alpha value is -1.74. The number of hydrogen-bond donors (Lipinski definition) is 2. The van der Waals surface area contributed by atoms with Crippen molar-refractivity contribution >= 4 is 25.8 Å². The molecule has 3 aliphatic rings. The van der Waals surface area contributed by atoms with E-state index >= 15 is 0 Å². The first-order chi connectivity index (χ1) is 16.2. The molecular formula is C26H40N2O5Si. The van der Waals surface area contributed by atoms with Gasteiger partial charge in [0.15, 0.2) is 8.32 Å². The standard InChI is InChI=1S/C26H40N2O5Si/c1-18-22(12-11-19-7-4-8-20(15-19)27-14-6-10-24(27)30)33-23(26(18)34(2,3)32)16-25(31)28-13-5-9-21(28)17-29/h4,7-8,15,18,21-23,26,29,32H,5-6,9-14,16-17H2,1-3H3/t18-,21-,22+,23-,26+/m0/s1. The van der Waals surface area contributed by atoms with E-state index in [9.17, 15) is 19.5 Å². The zero-order valence-corrected chi connectivity index (χ0v) is 21.8. The molecule has 5 atom stereocenters. The fourth-order valence-electron chi connectivity index (χ4n) is 6.36. The number of aryl methyl sites for hydroxylation is 1. The predicted octanol–water partition coefficient (Wildman–Crippen LogP) is 3.09. The van der Waals surface area contributed by atoms with Gasteiger partial charge in [0.2, 0.25) is 11.8 Å². The van der Waals surface area contributed by atoms with Crippen molar-refractivity contribution in [2.45, 2.75) is 88.8 Å². The summed E-state index contributed by atoms with van der Waals surface area (Å²) in [4.78, 5) is 39.9. The number of aliphatic hydroxyl groups is 1. The van der Waals surface area contributed by atoms with Gasteiger partial charge >= 0.3 is 0 Å². The fraction of sp³-hybridized carbons (Fsp3) is 0.692. The third kappa shape index (κ3) is 5.40. The van der Waals surface area contributed by atoms with Crippen LogP contribution in [0.4, 0.5) is 5.69 Å². The molecule has 188 valence electrons. The first kappa shape index (κ1) is 25.4. The Morgan fingerprint density at radius 3 is 2.68 bits per heavy atom. The average molecular weight is 489 g/mol. The summed E-state index contributed by atoms with van der Waals surface area (Å²) in [7, 11) is -2.56. The van der Waals surface area contributed by atoms with E-state index in [1.165, 1.54) is 5.56 Å². The largest absolute Gasteiger partial charge is 0.432 e. The fourth-order valence-corrected chi connectivity index (χ4v) is 8.97. The average Bonchev–Trinajstić information content (AvgIpc) is 3.50. The molecule has 0 unspecified atom stereocenters. The topological polar surface area (TPSA) is 90.3 Å². The van der Waals surface area contributed by atoms with Crippen LogP contribution in [0, 0.1) is 5.92 Å². The van der Waals surface area contributed by atoms with Gasteiger partial charge in [0.05, 0.1) is 31.3 Å². The van der Waals surface area contributed by atoms with Crippen LogP contribution in [0.5, 0.6) is 0 Å². The van der Waals surface area contributed by atoms with Crippen molar-refractivity contribution < 1.29 is 24.2 Å². The van der Waals surface area contributed by atoms with Crippen LogP contribution in [0.15, 0.2) is 24.3 Å². The zero-order valence-electron chi connectivity index (χ0n) is 20.8. The third-order valence-electron chi connectivity index (χ3n) is 8.02. The minimum absolute atomic E-state index is 0.00204. The predicted molar refractivity (Wildman–Crippen MR) is 134 cm³/mol. The van der Waals surface area contributed by atoms with Crippen LogP contribution in [0.3, 0.4) is 0 Å². The molecule has 7 nitrogen and oxygen atoms in total. The van der Waals surface area contributed by atoms with E-state index in [1.54, 1.807) is 4.90 Å². The van der Waals surface area contributed by atoms with Crippen molar-refractivity contribution in [3.05, 3.63) is 29.8 Å². The van der Waals surface area contributed by atoms with E-state index in [-0.39, 0.29) is 54.6 Å². The molecule has 0 spiro atoms. The molecule has 0 saturated carbocycles. The Kier molecular flexibility index (Phi) is 7.81. The number of hydrogen-bond acceptors (Lipinski definition) is 5. The molecular weight excluding hydrogens is 448 g/mol. The second-order valence-corrected chi connectivity index (χ2v) is 14.9. The maximum Gasteiger partial charge on any atom is 0.227 e. The highest BCUT2D eigenvalue weighted by Gasteiger charge is 2.50. The lowest BCUT2D eigenvalue weighted by Gasteiger charge is -2.31. The van der Waals surface area contributed by atoms with E-state index < -0.39 is 8.32 Å². The molecule has 0 aliphatic carbocycles. The highest BCUT2D eigenvalue weighted by Crippen LogP contribution is 2.46. The van der Waals surface area contributed by atoms with Crippen LogP contribution >= 0.6 is 0 Å². The number of nitrogens with zero attached hydrogens (tertiary/aromatic N) is 2. The lowest BCUT2D eigenvalue weighted by Crippen LogP contribution is -2.43. The van der Waals surface area contributed by atoms with Crippen LogP contribution in [0.1, 0.15) is 51.0 Å². The first-order valence-corrected chi connectivity index (χ1v) is 15.9. The summed E-state index contributed by atoms with van der Waals surface area (Å²) in [6.45, 7) is 7.52. The molecule has 8 heteroatoms. The van der Waals surface area contributed by atoms with Crippen molar-refractivity contribution in [1.29, 1.82) is 0 Å². The Bertz CT molecular complexity index is 888. The Morgan fingerprint density at radius 2 is 2.00 bits per heavy atom. The lowest BCUT2D eigenvalue weighted by atomic mass is 9.95. The van der Waals surface area contributed by atoms with Gasteiger partial charge in [-0.15, -0.1) is 0 Å². The van der Waals surface area contributed by atoms with Gasteiger partial charge in [0, 0.05) is 30.7 Å². The quantitative estimate of drug-likeness (QED) is 0.549. The second-order valence-electron chi connectivity index (χ2n) is 10.9. The van der Waals surface area contributed by atoms with Gasteiger partial charge in [-0.25, -0.2) is 0 Å². The number of benzene rings is 1. The highest BCUT2D eigenvalue weighted by atomic mass is 28.4. The van der Waals surface area contributed by atoms with Crippen LogP contribution in [0.2, 0.25) is 18.6 Å². The number of carbonyl (C=O) groups is 2. The zero-order chi connectivity index (χ0) is 24.5. The molecule has 3 saturated heterocycles. The number of amides is 2. The van der Waals surface area contributed by atoms with Gasteiger partial charge in [-0.2, -0.15) is 0 Å². The molecule has 0 aromatic heterocycles. The van der Waals surface area contributed by atoms with E-state index in [2.05, 4.69) is 19.1 Å². The van der Waals surface area contributed by atoms with Gasteiger partial charge in [-0.05, 0) is 68.8 Å². The summed E-state index contributed by atoms with van der Waals surface area (Å²) in [6, 6.07) is 8.12. The van der Waals surface area contributed by atoms with Crippen LogP contribution in [-0.4, -0.2) is 72.9 Å². The third-order valence-corrected chi connectivity index (χ3v) is 10.5. The number of likely N-dealkylation sites (tertiary alicyclic amines) is 1. The summed E-state index contributed by atoms with van der Waals surface area (Å²) in [5, 5.41) is 9.61. The second kappa shape index (κ2) is 10.5. The minimum Gasteiger partial charge on any atom is -0.432 e. The van der Waals surface area contributed by atoms with E-state index in [0.29, 0.717) is 13.0 Å². The molecule has 3 heterocycles. The maximum atomic E-state index is 13.1. The Balaban J connectivity index is 1.41. The summed E-state index contributed by atoms with van der Waals surface area (Å²) in [6.07, 6.45) is 4.90. The molecule has 1 aromatic carbocycles. The van der Waals surface area contributed by atoms with Crippen molar-refractivity contribution in [2.24, 2.45) is 5.92 Å². The summed E-state index contributed by atoms with van der Waals surface area (Å²) in [5.41, 5.74) is 2.13. The van der Waals surface area contributed by atoms with E-state index in [1.807, 2.05) is 30.1 Å². The monoisotopic (exact) mass is 488 g/mol. The smallest absolute Gasteiger partial charge is 0.227 e. The van der Waals surface area contributed by atoms with Gasteiger partial charge < -0.3 is 24.4 Å². The van der Waals surface area contributed by atoms with Crippen LogP contribution in [-0.2, 0) is 20.7 Å². The number of aliphatic hydroxyl groups excluding tert-OH is 1. The number of anilines is 1. The van der Waals surface area contributed by atoms with Crippen molar-refractivity contribution in [1.82, 2.24) is 4.90 Å².